The van der Waals surface area contributed by atoms with E-state index in [2.05, 4.69) is 16.7 Å². The second kappa shape index (κ2) is 12.4. The zero-order chi connectivity index (χ0) is 26.6. The molecule has 36 heavy (non-hydrogen) atoms. The summed E-state index contributed by atoms with van der Waals surface area (Å²) in [7, 11) is 0.0250. The van der Waals surface area contributed by atoms with E-state index in [4.69, 9.17) is 34.8 Å². The van der Waals surface area contributed by atoms with Crippen LogP contribution in [0.3, 0.4) is 0 Å². The summed E-state index contributed by atoms with van der Waals surface area (Å²) in [5, 5.41) is 1.04. The van der Waals surface area contributed by atoms with Gasteiger partial charge in [-0.2, -0.15) is 0 Å². The summed E-state index contributed by atoms with van der Waals surface area (Å²) in [6.45, 7) is 6.34. The highest BCUT2D eigenvalue weighted by Crippen LogP contribution is 2.34. The molecule has 0 radical (unpaired) electrons. The van der Waals surface area contributed by atoms with E-state index in [9.17, 15) is 13.2 Å². The van der Waals surface area contributed by atoms with Crippen molar-refractivity contribution in [3.63, 3.8) is 0 Å². The van der Waals surface area contributed by atoms with Gasteiger partial charge in [-0.1, -0.05) is 34.8 Å². The number of anilines is 1. The minimum absolute atomic E-state index is 0.0167. The van der Waals surface area contributed by atoms with Crippen molar-refractivity contribution in [2.24, 2.45) is 5.92 Å². The van der Waals surface area contributed by atoms with Crippen LogP contribution in [0.5, 0.6) is 0 Å². The fourth-order valence-electron chi connectivity index (χ4n) is 4.45. The highest BCUT2D eigenvalue weighted by molar-refractivity contribution is 7.92. The minimum Gasteiger partial charge on any atom is -0.346 e. The molecule has 0 spiro atoms. The summed E-state index contributed by atoms with van der Waals surface area (Å²) < 4.78 is 29.1. The van der Waals surface area contributed by atoms with Gasteiger partial charge in [0.2, 0.25) is 5.91 Å². The minimum atomic E-state index is -3.92. The molecule has 2 aromatic carbocycles. The summed E-state index contributed by atoms with van der Waals surface area (Å²) in [5.74, 6) is 0.622. The van der Waals surface area contributed by atoms with E-state index in [-0.39, 0.29) is 28.7 Å². The third-order valence-corrected chi connectivity index (χ3v) is 9.67. The molecule has 0 saturated carbocycles. The molecule has 0 unspecified atom stereocenters. The van der Waals surface area contributed by atoms with Crippen LogP contribution in [-0.4, -0.2) is 57.9 Å². The van der Waals surface area contributed by atoms with Crippen LogP contribution < -0.4 is 4.72 Å². The molecule has 1 amide bonds. The zero-order valence-electron chi connectivity index (χ0n) is 21.2. The molecule has 1 heterocycles. The summed E-state index contributed by atoms with van der Waals surface area (Å²) in [6, 6.07) is 6.29. The third-order valence-electron chi connectivity index (χ3n) is 6.91. The second-order valence-corrected chi connectivity index (χ2v) is 12.6. The van der Waals surface area contributed by atoms with Gasteiger partial charge in [0.1, 0.15) is 0 Å². The lowest BCUT2D eigenvalue weighted by Gasteiger charge is -2.30. The summed E-state index contributed by atoms with van der Waals surface area (Å²) in [6.07, 6.45) is 3.75. The number of piperidine rings is 1. The number of sulfonamides is 1. The standard InChI is InChI=1S/C26H34Cl3N3O3S/c1-17-16-24(18(2)15-22(17)28)36(34,35)30-23-7-6-21(27)26(29)20(23)5-8-25(33)32(4)14-11-19-9-12-31(3)13-10-19/h6-7,15-16,19,30H,5,8-14H2,1-4H3. The predicted octanol–water partition coefficient (Wildman–Crippen LogP) is 6.19. The summed E-state index contributed by atoms with van der Waals surface area (Å²) in [5.41, 5.74) is 1.98. The van der Waals surface area contributed by atoms with Gasteiger partial charge < -0.3 is 9.80 Å². The maximum absolute atomic E-state index is 13.2. The Bertz CT molecular complexity index is 1210. The van der Waals surface area contributed by atoms with Crippen LogP contribution in [-0.2, 0) is 21.2 Å². The topological polar surface area (TPSA) is 69.7 Å². The first-order chi connectivity index (χ1) is 16.9. The van der Waals surface area contributed by atoms with E-state index < -0.39 is 10.0 Å². The van der Waals surface area contributed by atoms with Gasteiger partial charge in [-0.05, 0) is 107 Å². The van der Waals surface area contributed by atoms with E-state index >= 15 is 0 Å². The van der Waals surface area contributed by atoms with Gasteiger partial charge in [-0.25, -0.2) is 8.42 Å². The first-order valence-corrected chi connectivity index (χ1v) is 14.7. The Morgan fingerprint density at radius 1 is 1.08 bits per heavy atom. The number of benzene rings is 2. The van der Waals surface area contributed by atoms with Gasteiger partial charge in [0.25, 0.3) is 10.0 Å². The molecule has 1 saturated heterocycles. The number of rotatable bonds is 9. The Labute approximate surface area is 229 Å². The van der Waals surface area contributed by atoms with Gasteiger partial charge in [0.05, 0.1) is 20.6 Å². The van der Waals surface area contributed by atoms with Crippen molar-refractivity contribution in [2.75, 3.05) is 38.5 Å². The normalized spacial score (nSPS) is 15.2. The largest absolute Gasteiger partial charge is 0.346 e. The zero-order valence-corrected chi connectivity index (χ0v) is 24.3. The monoisotopic (exact) mass is 573 g/mol. The molecule has 1 fully saturated rings. The number of likely N-dealkylation sites (tertiary alicyclic amines) is 1. The first kappa shape index (κ1) is 29.1. The first-order valence-electron chi connectivity index (χ1n) is 12.1. The number of nitrogens with zero attached hydrogens (tertiary/aromatic N) is 2. The Hall–Kier alpha value is -1.51. The SMILES string of the molecule is Cc1cc(S(=O)(=O)Nc2ccc(Cl)c(Cl)c2CCC(=O)N(C)CCC2CCN(C)CC2)c(C)cc1Cl. The van der Waals surface area contributed by atoms with Crippen molar-refractivity contribution in [2.45, 2.75) is 50.8 Å². The maximum Gasteiger partial charge on any atom is 0.262 e. The molecular weight excluding hydrogens is 541 g/mol. The fourth-order valence-corrected chi connectivity index (χ4v) is 6.51. The molecule has 0 bridgehead atoms. The number of amides is 1. The number of nitrogens with one attached hydrogen (secondary N) is 1. The number of aryl methyl sites for hydroxylation is 2. The lowest BCUT2D eigenvalue weighted by atomic mass is 9.93. The predicted molar refractivity (Wildman–Crippen MR) is 149 cm³/mol. The summed E-state index contributed by atoms with van der Waals surface area (Å²) >= 11 is 18.9. The van der Waals surface area contributed by atoms with Crippen molar-refractivity contribution in [1.29, 1.82) is 0 Å². The Balaban J connectivity index is 1.70. The average Bonchev–Trinajstić information content (AvgIpc) is 2.82. The van der Waals surface area contributed by atoms with Crippen molar-refractivity contribution >= 4 is 56.4 Å². The molecule has 1 aliphatic rings. The molecule has 6 nitrogen and oxygen atoms in total. The Morgan fingerprint density at radius 3 is 2.42 bits per heavy atom. The number of halogens is 3. The van der Waals surface area contributed by atoms with Gasteiger partial charge in [-0.3, -0.25) is 9.52 Å². The van der Waals surface area contributed by atoms with E-state index in [1.54, 1.807) is 43.0 Å². The summed E-state index contributed by atoms with van der Waals surface area (Å²) in [4.78, 5) is 17.1. The maximum atomic E-state index is 13.2. The van der Waals surface area contributed by atoms with Gasteiger partial charge in [0.15, 0.2) is 0 Å². The van der Waals surface area contributed by atoms with E-state index in [0.29, 0.717) is 44.9 Å². The highest BCUT2D eigenvalue weighted by atomic mass is 35.5. The third kappa shape index (κ3) is 7.29. The number of carbonyl (C=O) groups excluding carboxylic acids is 1. The van der Waals surface area contributed by atoms with Crippen molar-refractivity contribution in [3.8, 4) is 0 Å². The van der Waals surface area contributed by atoms with Crippen LogP contribution in [0.15, 0.2) is 29.2 Å². The second-order valence-electron chi connectivity index (χ2n) is 9.71. The van der Waals surface area contributed by atoms with E-state index in [1.807, 2.05) is 7.05 Å². The highest BCUT2D eigenvalue weighted by Gasteiger charge is 2.23. The van der Waals surface area contributed by atoms with Crippen LogP contribution in [0.2, 0.25) is 15.1 Å². The van der Waals surface area contributed by atoms with Crippen molar-refractivity contribution in [1.82, 2.24) is 9.80 Å². The molecule has 2 aromatic rings. The van der Waals surface area contributed by atoms with Crippen LogP contribution in [0.4, 0.5) is 5.69 Å². The van der Waals surface area contributed by atoms with Crippen molar-refractivity contribution in [3.05, 3.63) is 56.0 Å². The molecule has 0 atom stereocenters. The quantitative estimate of drug-likeness (QED) is 0.388. The smallest absolute Gasteiger partial charge is 0.262 e. The molecule has 198 valence electrons. The van der Waals surface area contributed by atoms with Gasteiger partial charge in [0, 0.05) is 25.0 Å². The van der Waals surface area contributed by atoms with Crippen LogP contribution in [0, 0.1) is 19.8 Å². The van der Waals surface area contributed by atoms with Crippen LogP contribution in [0.1, 0.15) is 42.4 Å². The molecule has 1 aliphatic heterocycles. The molecular formula is C26H34Cl3N3O3S. The van der Waals surface area contributed by atoms with Crippen LogP contribution in [0.25, 0.3) is 0 Å². The fraction of sp³-hybridized carbons (Fsp3) is 0.500. The average molecular weight is 575 g/mol. The van der Waals surface area contributed by atoms with E-state index in [1.165, 1.54) is 0 Å². The van der Waals surface area contributed by atoms with Crippen LogP contribution >= 0.6 is 34.8 Å². The lowest BCUT2D eigenvalue weighted by molar-refractivity contribution is -0.130. The van der Waals surface area contributed by atoms with Gasteiger partial charge in [-0.15, -0.1) is 0 Å². The Kier molecular flexibility index (Phi) is 9.97. The molecule has 3 rings (SSSR count). The molecule has 1 N–H and O–H groups in total. The number of hydrogen-bond acceptors (Lipinski definition) is 4. The van der Waals surface area contributed by atoms with E-state index in [0.717, 1.165) is 32.4 Å². The van der Waals surface area contributed by atoms with Crippen molar-refractivity contribution < 1.29 is 13.2 Å². The molecule has 10 heteroatoms. The Morgan fingerprint density at radius 2 is 1.75 bits per heavy atom. The van der Waals surface area contributed by atoms with Gasteiger partial charge >= 0.3 is 0 Å². The molecule has 0 aromatic heterocycles. The molecule has 0 aliphatic carbocycles. The number of hydrogen-bond donors (Lipinski definition) is 1. The number of carbonyl (C=O) groups is 1. The lowest BCUT2D eigenvalue weighted by Crippen LogP contribution is -2.33.